The van der Waals surface area contributed by atoms with E-state index in [1.807, 2.05) is 0 Å². The number of nitrogens with one attached hydrogen (secondary N) is 2. The number of hydrogen-bond acceptors (Lipinski definition) is 4. The highest BCUT2D eigenvalue weighted by Crippen LogP contribution is 2.27. The Hall–Kier alpha value is -2.37. The molecule has 1 aliphatic rings. The summed E-state index contributed by atoms with van der Waals surface area (Å²) < 4.78 is 4.95. The van der Waals surface area contributed by atoms with Crippen LogP contribution >= 0.6 is 0 Å². The molecular weight excluding hydrogens is 272 g/mol. The molecule has 0 unspecified atom stereocenters. The van der Waals surface area contributed by atoms with Gasteiger partial charge in [0.25, 0.3) is 11.8 Å². The largest absolute Gasteiger partial charge is 0.455 e. The van der Waals surface area contributed by atoms with E-state index < -0.39 is 5.91 Å². The zero-order chi connectivity index (χ0) is 15.2. The van der Waals surface area contributed by atoms with Crippen molar-refractivity contribution in [3.8, 4) is 0 Å². The van der Waals surface area contributed by atoms with Crippen molar-refractivity contribution in [1.82, 2.24) is 5.32 Å². The van der Waals surface area contributed by atoms with E-state index in [1.54, 1.807) is 24.3 Å². The fourth-order valence-corrected chi connectivity index (χ4v) is 1.98. The molecule has 0 saturated heterocycles. The minimum Gasteiger partial charge on any atom is -0.455 e. The van der Waals surface area contributed by atoms with Crippen molar-refractivity contribution in [1.29, 1.82) is 0 Å². The summed E-state index contributed by atoms with van der Waals surface area (Å²) in [6.07, 6.45) is 2.72. The Morgan fingerprint density at radius 1 is 1.29 bits per heavy atom. The zero-order valence-corrected chi connectivity index (χ0v) is 11.8. The second-order valence-electron chi connectivity index (χ2n) is 4.94. The van der Waals surface area contributed by atoms with Crippen molar-refractivity contribution in [3.63, 3.8) is 0 Å². The molecule has 0 radical (unpaired) electrons. The summed E-state index contributed by atoms with van der Waals surface area (Å²) >= 11 is 0. The summed E-state index contributed by atoms with van der Waals surface area (Å²) in [6, 6.07) is 6.54. The number of amides is 2. The molecule has 0 atom stereocenters. The van der Waals surface area contributed by atoms with Gasteiger partial charge in [0.15, 0.2) is 6.61 Å². The molecule has 2 N–H and O–H groups in total. The molecule has 1 aromatic carbocycles. The highest BCUT2D eigenvalue weighted by molar-refractivity contribution is 5.97. The van der Waals surface area contributed by atoms with Crippen LogP contribution in [0.1, 0.15) is 29.6 Å². The molecule has 1 aliphatic carbocycles. The fourth-order valence-electron chi connectivity index (χ4n) is 1.98. The van der Waals surface area contributed by atoms with Gasteiger partial charge < -0.3 is 15.4 Å². The lowest BCUT2D eigenvalue weighted by atomic mass is 9.86. The van der Waals surface area contributed by atoms with E-state index in [1.165, 1.54) is 7.05 Å². The van der Waals surface area contributed by atoms with Gasteiger partial charge in [-0.2, -0.15) is 0 Å². The van der Waals surface area contributed by atoms with E-state index in [9.17, 15) is 14.4 Å². The lowest BCUT2D eigenvalue weighted by Crippen LogP contribution is -2.28. The van der Waals surface area contributed by atoms with Gasteiger partial charge in [0.1, 0.15) is 0 Å². The number of carbonyl (C=O) groups excluding carboxylic acids is 3. The highest BCUT2D eigenvalue weighted by atomic mass is 16.5. The SMILES string of the molecule is CNC(=O)c1cccc(NC(=O)COC(=O)C2CCC2)c1. The van der Waals surface area contributed by atoms with Gasteiger partial charge in [-0.1, -0.05) is 12.5 Å². The van der Waals surface area contributed by atoms with Crippen molar-refractivity contribution >= 4 is 23.5 Å². The molecule has 6 nitrogen and oxygen atoms in total. The van der Waals surface area contributed by atoms with Crippen molar-refractivity contribution < 1.29 is 19.1 Å². The van der Waals surface area contributed by atoms with Gasteiger partial charge in [-0.15, -0.1) is 0 Å². The fraction of sp³-hybridized carbons (Fsp3) is 0.400. The van der Waals surface area contributed by atoms with Gasteiger partial charge in [0, 0.05) is 18.3 Å². The average molecular weight is 290 g/mol. The Labute approximate surface area is 122 Å². The van der Waals surface area contributed by atoms with E-state index in [4.69, 9.17) is 4.74 Å². The minimum absolute atomic E-state index is 0.0469. The van der Waals surface area contributed by atoms with Crippen LogP contribution in [0.4, 0.5) is 5.69 Å². The Morgan fingerprint density at radius 2 is 2.05 bits per heavy atom. The van der Waals surface area contributed by atoms with E-state index >= 15 is 0 Å². The first-order valence-electron chi connectivity index (χ1n) is 6.89. The topological polar surface area (TPSA) is 84.5 Å². The molecule has 112 valence electrons. The Morgan fingerprint density at radius 3 is 2.67 bits per heavy atom. The molecule has 1 aromatic rings. The second-order valence-corrected chi connectivity index (χ2v) is 4.94. The van der Waals surface area contributed by atoms with Gasteiger partial charge in [0.05, 0.1) is 5.92 Å². The first kappa shape index (κ1) is 15.0. The number of carbonyl (C=O) groups is 3. The van der Waals surface area contributed by atoms with Crippen molar-refractivity contribution in [3.05, 3.63) is 29.8 Å². The number of esters is 1. The number of hydrogen-bond donors (Lipinski definition) is 2. The Bertz CT molecular complexity index is 552. The minimum atomic E-state index is -0.420. The first-order valence-corrected chi connectivity index (χ1v) is 6.89. The average Bonchev–Trinajstić information content (AvgIpc) is 2.42. The summed E-state index contributed by atoms with van der Waals surface area (Å²) in [6.45, 7) is -0.306. The van der Waals surface area contributed by atoms with E-state index in [0.29, 0.717) is 11.3 Å². The molecule has 0 spiro atoms. The zero-order valence-electron chi connectivity index (χ0n) is 11.8. The molecule has 1 saturated carbocycles. The van der Waals surface area contributed by atoms with Gasteiger partial charge in [-0.05, 0) is 31.0 Å². The molecule has 0 aromatic heterocycles. The van der Waals surface area contributed by atoms with Gasteiger partial charge in [-0.25, -0.2) is 0 Å². The Balaban J connectivity index is 1.84. The highest BCUT2D eigenvalue weighted by Gasteiger charge is 2.27. The quantitative estimate of drug-likeness (QED) is 0.801. The number of rotatable bonds is 5. The normalized spacial score (nSPS) is 14.0. The van der Waals surface area contributed by atoms with Crippen LogP contribution in [-0.2, 0) is 14.3 Å². The van der Waals surface area contributed by atoms with Crippen LogP contribution in [0, 0.1) is 5.92 Å². The van der Waals surface area contributed by atoms with Crippen LogP contribution in [0.2, 0.25) is 0 Å². The maximum absolute atomic E-state index is 11.7. The lowest BCUT2D eigenvalue weighted by Gasteiger charge is -2.22. The first-order chi connectivity index (χ1) is 10.1. The molecule has 0 bridgehead atoms. The predicted molar refractivity (Wildman–Crippen MR) is 76.8 cm³/mol. The van der Waals surface area contributed by atoms with Crippen LogP contribution in [-0.4, -0.2) is 31.4 Å². The van der Waals surface area contributed by atoms with Crippen molar-refractivity contribution in [2.75, 3.05) is 19.0 Å². The third-order valence-electron chi connectivity index (χ3n) is 3.42. The van der Waals surface area contributed by atoms with Crippen molar-refractivity contribution in [2.45, 2.75) is 19.3 Å². The van der Waals surface area contributed by atoms with E-state index in [2.05, 4.69) is 10.6 Å². The number of benzene rings is 1. The molecule has 2 rings (SSSR count). The van der Waals surface area contributed by atoms with Gasteiger partial charge in [0.2, 0.25) is 0 Å². The smallest absolute Gasteiger partial charge is 0.309 e. The Kier molecular flexibility index (Phi) is 4.92. The number of anilines is 1. The van der Waals surface area contributed by atoms with Crippen LogP contribution in [0.5, 0.6) is 0 Å². The van der Waals surface area contributed by atoms with E-state index in [-0.39, 0.29) is 24.4 Å². The molecule has 6 heteroatoms. The van der Waals surface area contributed by atoms with Crippen LogP contribution in [0.3, 0.4) is 0 Å². The summed E-state index contributed by atoms with van der Waals surface area (Å²) in [5, 5.41) is 5.10. The lowest BCUT2D eigenvalue weighted by molar-refractivity contribution is -0.154. The number of ether oxygens (including phenoxy) is 1. The maximum Gasteiger partial charge on any atom is 0.309 e. The van der Waals surface area contributed by atoms with Gasteiger partial charge in [-0.3, -0.25) is 14.4 Å². The van der Waals surface area contributed by atoms with Crippen molar-refractivity contribution in [2.24, 2.45) is 5.92 Å². The van der Waals surface area contributed by atoms with Gasteiger partial charge >= 0.3 is 5.97 Å². The maximum atomic E-state index is 11.7. The molecular formula is C15H18N2O4. The van der Waals surface area contributed by atoms with Crippen LogP contribution < -0.4 is 10.6 Å². The third kappa shape index (κ3) is 4.05. The molecule has 2 amide bonds. The summed E-state index contributed by atoms with van der Waals surface area (Å²) in [5.41, 5.74) is 0.933. The molecule has 1 fully saturated rings. The van der Waals surface area contributed by atoms with Crippen LogP contribution in [0.25, 0.3) is 0 Å². The monoisotopic (exact) mass is 290 g/mol. The van der Waals surface area contributed by atoms with Crippen LogP contribution in [0.15, 0.2) is 24.3 Å². The summed E-state index contributed by atoms with van der Waals surface area (Å²) in [7, 11) is 1.54. The molecule has 0 heterocycles. The predicted octanol–water partition coefficient (Wildman–Crippen LogP) is 1.33. The second kappa shape index (κ2) is 6.88. The third-order valence-corrected chi connectivity index (χ3v) is 3.42. The molecule has 0 aliphatic heterocycles. The standard InChI is InChI=1S/C15H18N2O4/c1-16-14(19)11-6-3-7-12(8-11)17-13(18)9-21-15(20)10-4-2-5-10/h3,6-8,10H,2,4-5,9H2,1H3,(H,16,19)(H,17,18). The van der Waals surface area contributed by atoms with E-state index in [0.717, 1.165) is 19.3 Å². The summed E-state index contributed by atoms with van der Waals surface area (Å²) in [5.74, 6) is -1.01. The summed E-state index contributed by atoms with van der Waals surface area (Å²) in [4.78, 5) is 34.7. The molecule has 21 heavy (non-hydrogen) atoms.